The molecule has 0 spiro atoms. The van der Waals surface area contributed by atoms with Gasteiger partial charge in [-0.25, -0.2) is 0 Å². The van der Waals surface area contributed by atoms with E-state index in [-0.39, 0.29) is 5.92 Å². The van der Waals surface area contributed by atoms with E-state index in [9.17, 15) is 4.79 Å². The standard InChI is InChI=1S/C8H15O/c1-7(2)4-5-8(3)6-9/h5-8H,4H2,1-3H3. The maximum Gasteiger partial charge on any atom is 0.123 e. The van der Waals surface area contributed by atoms with Crippen LogP contribution in [-0.2, 0) is 4.79 Å². The second-order valence-corrected chi connectivity index (χ2v) is 2.86. The first-order valence-corrected chi connectivity index (χ1v) is 3.45. The van der Waals surface area contributed by atoms with Gasteiger partial charge in [0.15, 0.2) is 0 Å². The summed E-state index contributed by atoms with van der Waals surface area (Å²) in [4.78, 5) is 10.1. The van der Waals surface area contributed by atoms with Gasteiger partial charge in [0, 0.05) is 5.92 Å². The Hall–Kier alpha value is -0.330. The quantitative estimate of drug-likeness (QED) is 0.528. The molecular weight excluding hydrogens is 112 g/mol. The van der Waals surface area contributed by atoms with Gasteiger partial charge in [0.05, 0.1) is 0 Å². The van der Waals surface area contributed by atoms with E-state index in [1.54, 1.807) is 0 Å². The lowest BCUT2D eigenvalue weighted by Crippen LogP contribution is -1.99. The summed E-state index contributed by atoms with van der Waals surface area (Å²) in [5.41, 5.74) is 0. The highest BCUT2D eigenvalue weighted by atomic mass is 16.1. The lowest BCUT2D eigenvalue weighted by atomic mass is 10.0. The zero-order valence-electron chi connectivity index (χ0n) is 6.42. The molecule has 9 heavy (non-hydrogen) atoms. The summed E-state index contributed by atoms with van der Waals surface area (Å²) < 4.78 is 0. The first-order chi connectivity index (χ1) is 4.16. The predicted molar refractivity (Wildman–Crippen MR) is 39.0 cm³/mol. The monoisotopic (exact) mass is 127 g/mol. The van der Waals surface area contributed by atoms with Crippen molar-refractivity contribution in [3.8, 4) is 0 Å². The second-order valence-electron chi connectivity index (χ2n) is 2.86. The summed E-state index contributed by atoms with van der Waals surface area (Å²) in [6.07, 6.45) is 4.07. The van der Waals surface area contributed by atoms with Crippen LogP contribution in [0.2, 0.25) is 0 Å². The molecule has 0 aliphatic heterocycles. The van der Waals surface area contributed by atoms with Crippen LogP contribution in [0.25, 0.3) is 0 Å². The van der Waals surface area contributed by atoms with Crippen molar-refractivity contribution in [1.29, 1.82) is 0 Å². The van der Waals surface area contributed by atoms with Gasteiger partial charge in [0.25, 0.3) is 0 Å². The van der Waals surface area contributed by atoms with Gasteiger partial charge in [0.2, 0.25) is 0 Å². The van der Waals surface area contributed by atoms with Crippen LogP contribution in [0.15, 0.2) is 0 Å². The van der Waals surface area contributed by atoms with Crippen LogP contribution >= 0.6 is 0 Å². The van der Waals surface area contributed by atoms with E-state index in [2.05, 4.69) is 20.3 Å². The van der Waals surface area contributed by atoms with Crippen molar-refractivity contribution in [2.45, 2.75) is 27.2 Å². The second kappa shape index (κ2) is 4.54. The number of rotatable bonds is 4. The largest absolute Gasteiger partial charge is 0.303 e. The van der Waals surface area contributed by atoms with Crippen LogP contribution in [0.1, 0.15) is 27.2 Å². The van der Waals surface area contributed by atoms with Crippen LogP contribution in [0, 0.1) is 18.3 Å². The molecule has 53 valence electrons. The zero-order valence-corrected chi connectivity index (χ0v) is 6.42. The Morgan fingerprint density at radius 2 is 1.89 bits per heavy atom. The molecule has 0 bridgehead atoms. The van der Waals surface area contributed by atoms with Crippen molar-refractivity contribution in [2.75, 3.05) is 0 Å². The summed E-state index contributed by atoms with van der Waals surface area (Å²) in [5.74, 6) is 0.805. The Morgan fingerprint density at radius 3 is 2.22 bits per heavy atom. The van der Waals surface area contributed by atoms with Crippen LogP contribution < -0.4 is 0 Å². The Labute approximate surface area is 57.5 Å². The zero-order chi connectivity index (χ0) is 7.28. The molecule has 1 heteroatoms. The third kappa shape index (κ3) is 5.54. The molecule has 0 amide bonds. The SMILES string of the molecule is CC([CH]CC(C)C)C=O. The van der Waals surface area contributed by atoms with Gasteiger partial charge in [-0.15, -0.1) is 0 Å². The molecule has 0 aliphatic carbocycles. The van der Waals surface area contributed by atoms with Gasteiger partial charge in [0.1, 0.15) is 6.29 Å². The van der Waals surface area contributed by atoms with Crippen molar-refractivity contribution in [2.24, 2.45) is 11.8 Å². The lowest BCUT2D eigenvalue weighted by molar-refractivity contribution is -0.109. The minimum absolute atomic E-state index is 0.132. The molecule has 0 aromatic carbocycles. The fourth-order valence-electron chi connectivity index (χ4n) is 0.542. The number of aldehydes is 1. The van der Waals surface area contributed by atoms with Crippen molar-refractivity contribution in [3.05, 3.63) is 6.42 Å². The Balaban J connectivity index is 3.16. The van der Waals surface area contributed by atoms with E-state index in [1.165, 1.54) is 0 Å². The van der Waals surface area contributed by atoms with E-state index < -0.39 is 0 Å². The topological polar surface area (TPSA) is 17.1 Å². The number of carbonyl (C=O) groups is 1. The smallest absolute Gasteiger partial charge is 0.123 e. The predicted octanol–water partition coefficient (Wildman–Crippen LogP) is 2.07. The summed E-state index contributed by atoms with van der Waals surface area (Å²) in [6, 6.07) is 0. The highest BCUT2D eigenvalue weighted by Gasteiger charge is 2.00. The van der Waals surface area contributed by atoms with Crippen LogP contribution in [0.3, 0.4) is 0 Å². The summed E-state index contributed by atoms with van der Waals surface area (Å²) in [6.45, 7) is 6.21. The van der Waals surface area contributed by atoms with Crippen LogP contribution in [-0.4, -0.2) is 6.29 Å². The van der Waals surface area contributed by atoms with Crippen LogP contribution in [0.4, 0.5) is 0 Å². The summed E-state index contributed by atoms with van der Waals surface area (Å²) >= 11 is 0. The Bertz CT molecular complexity index is 76.6. The fraction of sp³-hybridized carbons (Fsp3) is 0.750. The molecule has 0 saturated heterocycles. The molecule has 1 atom stereocenters. The molecule has 0 rings (SSSR count). The van der Waals surface area contributed by atoms with E-state index in [0.29, 0.717) is 5.92 Å². The molecule has 0 fully saturated rings. The first-order valence-electron chi connectivity index (χ1n) is 3.45. The summed E-state index contributed by atoms with van der Waals surface area (Å²) in [5, 5.41) is 0. The Kier molecular flexibility index (Phi) is 4.37. The highest BCUT2D eigenvalue weighted by Crippen LogP contribution is 2.07. The highest BCUT2D eigenvalue weighted by molar-refractivity contribution is 5.54. The molecule has 0 heterocycles. The van der Waals surface area contributed by atoms with Gasteiger partial charge in [-0.05, 0) is 18.8 Å². The number of hydrogen-bond acceptors (Lipinski definition) is 1. The molecule has 0 aromatic heterocycles. The molecular formula is C8H15O. The number of hydrogen-bond donors (Lipinski definition) is 0. The third-order valence-electron chi connectivity index (χ3n) is 1.19. The fourth-order valence-corrected chi connectivity index (χ4v) is 0.542. The van der Waals surface area contributed by atoms with Crippen molar-refractivity contribution >= 4 is 6.29 Å². The van der Waals surface area contributed by atoms with Gasteiger partial charge < -0.3 is 4.79 Å². The minimum Gasteiger partial charge on any atom is -0.303 e. The van der Waals surface area contributed by atoms with Gasteiger partial charge >= 0.3 is 0 Å². The van der Waals surface area contributed by atoms with Gasteiger partial charge in [-0.2, -0.15) is 0 Å². The van der Waals surface area contributed by atoms with Crippen molar-refractivity contribution in [3.63, 3.8) is 0 Å². The first kappa shape index (κ1) is 8.67. The maximum atomic E-state index is 10.1. The van der Waals surface area contributed by atoms with E-state index in [0.717, 1.165) is 12.7 Å². The van der Waals surface area contributed by atoms with Crippen molar-refractivity contribution < 1.29 is 4.79 Å². The lowest BCUT2D eigenvalue weighted by Gasteiger charge is -2.04. The maximum absolute atomic E-state index is 10.1. The third-order valence-corrected chi connectivity index (χ3v) is 1.19. The minimum atomic E-state index is 0.132. The molecule has 1 radical (unpaired) electrons. The molecule has 0 saturated carbocycles. The van der Waals surface area contributed by atoms with Crippen molar-refractivity contribution in [1.82, 2.24) is 0 Å². The average molecular weight is 127 g/mol. The summed E-state index contributed by atoms with van der Waals surface area (Å²) in [7, 11) is 0. The Morgan fingerprint density at radius 1 is 1.33 bits per heavy atom. The molecule has 1 nitrogen and oxygen atoms in total. The number of carbonyl (C=O) groups excluding carboxylic acids is 1. The van der Waals surface area contributed by atoms with E-state index in [1.807, 2.05) is 6.92 Å². The molecule has 1 unspecified atom stereocenters. The van der Waals surface area contributed by atoms with E-state index >= 15 is 0 Å². The normalized spacial score (nSPS) is 13.8. The van der Waals surface area contributed by atoms with Gasteiger partial charge in [-0.3, -0.25) is 0 Å². The molecule has 0 aromatic rings. The molecule has 0 aliphatic rings. The van der Waals surface area contributed by atoms with E-state index in [4.69, 9.17) is 0 Å². The average Bonchev–Trinajstić information content (AvgIpc) is 1.83. The van der Waals surface area contributed by atoms with Crippen LogP contribution in [0.5, 0.6) is 0 Å². The molecule has 0 N–H and O–H groups in total. The van der Waals surface area contributed by atoms with Gasteiger partial charge in [-0.1, -0.05) is 20.8 Å².